The quantitative estimate of drug-likeness (QED) is 0.292. The van der Waals surface area contributed by atoms with Gasteiger partial charge in [-0.05, 0) is 60.7 Å². The minimum absolute atomic E-state index is 0.00549. The van der Waals surface area contributed by atoms with Gasteiger partial charge in [0.1, 0.15) is 0 Å². The summed E-state index contributed by atoms with van der Waals surface area (Å²) >= 11 is 12.7. The number of allylic oxidation sites excluding steroid dienone is 1. The van der Waals surface area contributed by atoms with E-state index in [1.54, 1.807) is 22.9 Å². The lowest BCUT2D eigenvalue weighted by molar-refractivity contribution is -0.155. The van der Waals surface area contributed by atoms with Crippen molar-refractivity contribution in [1.82, 2.24) is 9.47 Å². The third kappa shape index (κ3) is 5.30. The second-order valence-corrected chi connectivity index (χ2v) is 10.8. The number of pyridine rings is 1. The second-order valence-electron chi connectivity index (χ2n) is 9.88. The molecule has 4 rings (SSSR count). The number of carbonyl (C=O) groups is 1. The van der Waals surface area contributed by atoms with Gasteiger partial charge in [0.05, 0.1) is 17.5 Å². The van der Waals surface area contributed by atoms with Crippen LogP contribution in [-0.2, 0) is 11.3 Å². The molecule has 1 fully saturated rings. The lowest BCUT2D eigenvalue weighted by atomic mass is 9.67. The SMILES string of the molecule is C=CCC1(C)CC(c2cccc(Cl)c2)C(c2ccc(Cl)cc2)N(C(CC)Cn2ccccc2=O)C1=O. The monoisotopic (exact) mass is 522 g/mol. The molecule has 1 aromatic heterocycles. The van der Waals surface area contributed by atoms with Crippen LogP contribution in [-0.4, -0.2) is 21.4 Å². The van der Waals surface area contributed by atoms with Gasteiger partial charge in [-0.2, -0.15) is 0 Å². The van der Waals surface area contributed by atoms with E-state index >= 15 is 0 Å². The van der Waals surface area contributed by atoms with Crippen molar-refractivity contribution in [2.24, 2.45) is 5.41 Å². The van der Waals surface area contributed by atoms with E-state index in [1.165, 1.54) is 0 Å². The van der Waals surface area contributed by atoms with E-state index in [0.29, 0.717) is 35.9 Å². The highest BCUT2D eigenvalue weighted by Crippen LogP contribution is 2.52. The number of halogens is 2. The molecule has 1 saturated heterocycles. The Morgan fingerprint density at radius 1 is 1.03 bits per heavy atom. The number of carbonyl (C=O) groups excluding carboxylic acids is 1. The number of piperidine rings is 1. The highest BCUT2D eigenvalue weighted by Gasteiger charge is 2.50. The Labute approximate surface area is 223 Å². The van der Waals surface area contributed by atoms with Crippen LogP contribution < -0.4 is 5.56 Å². The number of rotatable bonds is 8. The molecule has 1 amide bonds. The number of aromatic nitrogens is 1. The van der Waals surface area contributed by atoms with Crippen molar-refractivity contribution in [3.8, 4) is 0 Å². The Hall–Kier alpha value is -2.82. The Bertz CT molecular complexity index is 1290. The normalized spacial score (nSPS) is 22.9. The van der Waals surface area contributed by atoms with Crippen molar-refractivity contribution in [3.05, 3.63) is 117 Å². The van der Waals surface area contributed by atoms with Crippen molar-refractivity contribution < 1.29 is 4.79 Å². The van der Waals surface area contributed by atoms with Crippen LogP contribution in [0.25, 0.3) is 0 Å². The first-order valence-electron chi connectivity index (χ1n) is 12.4. The van der Waals surface area contributed by atoms with Crippen LogP contribution in [0.3, 0.4) is 0 Å². The molecule has 36 heavy (non-hydrogen) atoms. The molecule has 4 nitrogen and oxygen atoms in total. The molecular weight excluding hydrogens is 491 g/mol. The summed E-state index contributed by atoms with van der Waals surface area (Å²) in [5.41, 5.74) is 1.38. The summed E-state index contributed by atoms with van der Waals surface area (Å²) in [6, 6.07) is 20.4. The summed E-state index contributed by atoms with van der Waals surface area (Å²) in [7, 11) is 0. The minimum atomic E-state index is -0.632. The molecule has 1 aliphatic rings. The topological polar surface area (TPSA) is 42.3 Å². The predicted molar refractivity (Wildman–Crippen MR) is 148 cm³/mol. The van der Waals surface area contributed by atoms with Gasteiger partial charge >= 0.3 is 0 Å². The molecule has 0 radical (unpaired) electrons. The maximum Gasteiger partial charge on any atom is 0.250 e. The molecule has 2 heterocycles. The Balaban J connectivity index is 1.90. The molecule has 0 bridgehead atoms. The minimum Gasteiger partial charge on any atom is -0.330 e. The standard InChI is InChI=1S/C30H32Cl2N2O2/c1-4-16-30(3)19-26(22-9-8-10-24(32)18-22)28(21-12-14-23(31)15-13-21)34(29(30)36)25(5-2)20-33-17-7-6-11-27(33)35/h4,6-15,17-18,25-26,28H,1,5,16,19-20H2,2-3H3. The first-order chi connectivity index (χ1) is 17.3. The van der Waals surface area contributed by atoms with Crippen LogP contribution >= 0.6 is 23.2 Å². The Kier molecular flexibility index (Phi) is 8.07. The lowest BCUT2D eigenvalue weighted by Crippen LogP contribution is -2.56. The number of hydrogen-bond acceptors (Lipinski definition) is 2. The van der Waals surface area contributed by atoms with Gasteiger partial charge in [0.15, 0.2) is 0 Å². The molecule has 1 aliphatic heterocycles. The molecule has 0 N–H and O–H groups in total. The van der Waals surface area contributed by atoms with Gasteiger partial charge in [-0.1, -0.05) is 73.5 Å². The zero-order valence-electron chi connectivity index (χ0n) is 20.7. The number of amides is 1. The van der Waals surface area contributed by atoms with E-state index in [2.05, 4.69) is 19.6 Å². The average molecular weight is 524 g/mol. The van der Waals surface area contributed by atoms with Crippen LogP contribution in [0.4, 0.5) is 0 Å². The highest BCUT2D eigenvalue weighted by molar-refractivity contribution is 6.30. The largest absolute Gasteiger partial charge is 0.330 e. The van der Waals surface area contributed by atoms with Crippen molar-refractivity contribution in [1.29, 1.82) is 0 Å². The summed E-state index contributed by atoms with van der Waals surface area (Å²) in [4.78, 5) is 29.0. The fraction of sp³-hybridized carbons (Fsp3) is 0.333. The van der Waals surface area contributed by atoms with Gasteiger partial charge < -0.3 is 9.47 Å². The van der Waals surface area contributed by atoms with Crippen LogP contribution in [0.15, 0.2) is 90.4 Å². The van der Waals surface area contributed by atoms with Gasteiger partial charge in [-0.25, -0.2) is 0 Å². The van der Waals surface area contributed by atoms with Crippen LogP contribution in [0, 0.1) is 5.41 Å². The lowest BCUT2D eigenvalue weighted by Gasteiger charge is -2.52. The molecule has 0 spiro atoms. The van der Waals surface area contributed by atoms with Gasteiger partial charge in [0.25, 0.3) is 5.56 Å². The van der Waals surface area contributed by atoms with E-state index in [-0.39, 0.29) is 29.5 Å². The third-order valence-corrected chi connectivity index (χ3v) is 7.84. The zero-order valence-corrected chi connectivity index (χ0v) is 22.3. The van der Waals surface area contributed by atoms with Crippen molar-refractivity contribution >= 4 is 29.1 Å². The van der Waals surface area contributed by atoms with Crippen LogP contribution in [0.1, 0.15) is 56.2 Å². The molecule has 2 aromatic carbocycles. The van der Waals surface area contributed by atoms with Crippen LogP contribution in [0.2, 0.25) is 10.0 Å². The zero-order chi connectivity index (χ0) is 25.9. The summed E-state index contributed by atoms with van der Waals surface area (Å²) < 4.78 is 1.69. The van der Waals surface area contributed by atoms with Crippen molar-refractivity contribution in [2.75, 3.05) is 0 Å². The van der Waals surface area contributed by atoms with Gasteiger partial charge in [-0.15, -0.1) is 6.58 Å². The van der Waals surface area contributed by atoms with Crippen molar-refractivity contribution in [2.45, 2.75) is 57.7 Å². The molecule has 188 valence electrons. The first kappa shape index (κ1) is 26.2. The Morgan fingerprint density at radius 2 is 1.78 bits per heavy atom. The number of nitrogens with zero attached hydrogens (tertiary/aromatic N) is 2. The molecule has 4 atom stereocenters. The van der Waals surface area contributed by atoms with Crippen molar-refractivity contribution in [3.63, 3.8) is 0 Å². The van der Waals surface area contributed by atoms with Gasteiger partial charge in [0, 0.05) is 34.8 Å². The molecular formula is C30H32Cl2N2O2. The highest BCUT2D eigenvalue weighted by atomic mass is 35.5. The van der Waals surface area contributed by atoms with Gasteiger partial charge in [-0.3, -0.25) is 9.59 Å². The maximum absolute atomic E-state index is 14.3. The summed E-state index contributed by atoms with van der Waals surface area (Å²) in [6.07, 6.45) is 5.53. The summed E-state index contributed by atoms with van der Waals surface area (Å²) in [5.74, 6) is 0.0746. The molecule has 0 aliphatic carbocycles. The molecule has 0 saturated carbocycles. The van der Waals surface area contributed by atoms with E-state index in [0.717, 1.165) is 11.1 Å². The van der Waals surface area contributed by atoms with E-state index in [9.17, 15) is 9.59 Å². The fourth-order valence-corrected chi connectivity index (χ4v) is 5.87. The predicted octanol–water partition coefficient (Wildman–Crippen LogP) is 7.27. The van der Waals surface area contributed by atoms with Gasteiger partial charge in [0.2, 0.25) is 5.91 Å². The summed E-state index contributed by atoms with van der Waals surface area (Å²) in [5, 5.41) is 1.31. The van der Waals surface area contributed by atoms with E-state index < -0.39 is 5.41 Å². The third-order valence-electron chi connectivity index (χ3n) is 7.36. The van der Waals surface area contributed by atoms with E-state index in [1.807, 2.05) is 66.4 Å². The van der Waals surface area contributed by atoms with Crippen LogP contribution in [0.5, 0.6) is 0 Å². The fourth-order valence-electron chi connectivity index (χ4n) is 5.54. The van der Waals surface area contributed by atoms with E-state index in [4.69, 9.17) is 23.2 Å². The molecule has 6 heteroatoms. The first-order valence-corrected chi connectivity index (χ1v) is 13.1. The smallest absolute Gasteiger partial charge is 0.250 e. The molecule has 3 aromatic rings. The maximum atomic E-state index is 14.3. The second kappa shape index (κ2) is 11.1. The molecule has 4 unspecified atom stereocenters. The number of likely N-dealkylation sites (tertiary alicyclic amines) is 1. The summed E-state index contributed by atoms with van der Waals surface area (Å²) in [6.45, 7) is 8.46. The Morgan fingerprint density at radius 3 is 2.42 bits per heavy atom. The average Bonchev–Trinajstić information content (AvgIpc) is 2.86. The number of benzene rings is 2. The number of hydrogen-bond donors (Lipinski definition) is 0.